The first-order valence-electron chi connectivity index (χ1n) is 13.2. The predicted octanol–water partition coefficient (Wildman–Crippen LogP) is 1.47. The Morgan fingerprint density at radius 1 is 1.09 bits per heavy atom. The number of carbonyl (C=O) groups is 3. The van der Waals surface area contributed by atoms with Gasteiger partial charge in [-0.3, -0.25) is 19.8 Å². The van der Waals surface area contributed by atoms with Crippen LogP contribution in [0.25, 0.3) is 11.1 Å². The van der Waals surface area contributed by atoms with E-state index in [1.807, 2.05) is 0 Å². The van der Waals surface area contributed by atoms with Crippen LogP contribution >= 0.6 is 11.3 Å². The molecule has 226 valence electrons. The lowest BCUT2D eigenvalue weighted by Gasteiger charge is -2.25. The minimum atomic E-state index is -3.70. The maximum atomic E-state index is 13.3. The fourth-order valence-electron chi connectivity index (χ4n) is 5.25. The van der Waals surface area contributed by atoms with Crippen LogP contribution in [0.5, 0.6) is 0 Å². The van der Waals surface area contributed by atoms with E-state index in [0.29, 0.717) is 16.7 Å². The van der Waals surface area contributed by atoms with Crippen molar-refractivity contribution in [3.63, 3.8) is 0 Å². The maximum absolute atomic E-state index is 13.3. The van der Waals surface area contributed by atoms with Crippen LogP contribution in [0.2, 0.25) is 0 Å². The number of rotatable bonds is 8. The van der Waals surface area contributed by atoms with Gasteiger partial charge in [-0.1, -0.05) is 18.2 Å². The normalized spacial score (nSPS) is 19.3. The first kappa shape index (κ1) is 30.4. The number of likely N-dealkylation sites (tertiary alicyclic amines) is 1. The van der Waals surface area contributed by atoms with Gasteiger partial charge >= 0.3 is 0 Å². The number of nitrogens with two attached hydrogens (primary N) is 1. The van der Waals surface area contributed by atoms with Crippen molar-refractivity contribution in [3.8, 4) is 11.1 Å². The summed E-state index contributed by atoms with van der Waals surface area (Å²) in [4.78, 5) is 41.7. The predicted molar refractivity (Wildman–Crippen MR) is 160 cm³/mol. The van der Waals surface area contributed by atoms with Gasteiger partial charge in [-0.25, -0.2) is 16.8 Å². The molecule has 5 rings (SSSR count). The quantitative estimate of drug-likeness (QED) is 0.164. The highest BCUT2D eigenvalue weighted by molar-refractivity contribution is 7.92. The molecule has 3 amide bonds. The summed E-state index contributed by atoms with van der Waals surface area (Å²) in [7, 11) is -7.28. The number of benzene rings is 2. The zero-order chi connectivity index (χ0) is 31.3. The standard InChI is InChI=1S/C28H29N5O7S3/c1-15(22-10-17(14-41-22)26(29)30)32-28(36)21-11-18(42(2,37)38)13-33(21)25(34)12-31-27(35)16-7-8-24-20(9-16)19-5-3-4-6-23(19)43(24,39)40/h3-10,14-15,18,21H,11-13H2,1-2H3,(H3,29,30)(H,31,35)(H,32,36)/t15-,18?,21+/m1/s1. The molecule has 3 aromatic rings. The summed E-state index contributed by atoms with van der Waals surface area (Å²) in [6.07, 6.45) is 0.949. The molecule has 1 fully saturated rings. The highest BCUT2D eigenvalue weighted by atomic mass is 32.2. The summed E-state index contributed by atoms with van der Waals surface area (Å²) in [5.41, 5.74) is 7.04. The van der Waals surface area contributed by atoms with Crippen LogP contribution in [-0.2, 0) is 29.3 Å². The summed E-state index contributed by atoms with van der Waals surface area (Å²) in [5.74, 6) is -1.93. The van der Waals surface area contributed by atoms with Gasteiger partial charge in [0.2, 0.25) is 21.7 Å². The number of carbonyl (C=O) groups excluding carboxylic acids is 3. The Hall–Kier alpha value is -4.08. The van der Waals surface area contributed by atoms with Crippen molar-refractivity contribution in [2.45, 2.75) is 40.5 Å². The Bertz CT molecular complexity index is 1890. The third-order valence-electron chi connectivity index (χ3n) is 7.61. The molecular formula is C28H29N5O7S3. The van der Waals surface area contributed by atoms with Crippen molar-refractivity contribution >= 4 is 54.6 Å². The van der Waals surface area contributed by atoms with E-state index < -0.39 is 61.3 Å². The molecule has 1 unspecified atom stereocenters. The van der Waals surface area contributed by atoms with Crippen LogP contribution in [0.15, 0.2) is 63.7 Å². The van der Waals surface area contributed by atoms with Gasteiger partial charge in [0.15, 0.2) is 9.84 Å². The Balaban J connectivity index is 1.29. The van der Waals surface area contributed by atoms with Crippen molar-refractivity contribution in [1.29, 1.82) is 5.41 Å². The van der Waals surface area contributed by atoms with Crippen molar-refractivity contribution in [1.82, 2.24) is 15.5 Å². The number of hydrogen-bond acceptors (Lipinski definition) is 9. The van der Waals surface area contributed by atoms with Gasteiger partial charge in [0, 0.05) is 45.3 Å². The molecule has 0 saturated carbocycles. The molecule has 3 heterocycles. The molecule has 1 saturated heterocycles. The first-order valence-corrected chi connectivity index (χ1v) is 17.5. The lowest BCUT2D eigenvalue weighted by Crippen LogP contribution is -2.49. The van der Waals surface area contributed by atoms with Gasteiger partial charge < -0.3 is 21.3 Å². The molecule has 12 nitrogen and oxygen atoms in total. The number of nitrogens with one attached hydrogen (secondary N) is 3. The van der Waals surface area contributed by atoms with Crippen LogP contribution in [0, 0.1) is 5.41 Å². The summed E-state index contributed by atoms with van der Waals surface area (Å²) in [6.45, 7) is 1.01. The second-order valence-electron chi connectivity index (χ2n) is 10.5. The largest absolute Gasteiger partial charge is 0.384 e. The average Bonchev–Trinajstić information content (AvgIpc) is 3.68. The zero-order valence-electron chi connectivity index (χ0n) is 23.2. The second kappa shape index (κ2) is 11.2. The van der Waals surface area contributed by atoms with Crippen molar-refractivity contribution < 1.29 is 31.2 Å². The van der Waals surface area contributed by atoms with Crippen molar-refractivity contribution in [2.75, 3.05) is 19.3 Å². The van der Waals surface area contributed by atoms with E-state index in [9.17, 15) is 31.2 Å². The minimum Gasteiger partial charge on any atom is -0.384 e. The van der Waals surface area contributed by atoms with Crippen LogP contribution in [0.4, 0.5) is 0 Å². The number of thiophene rings is 1. The molecule has 2 aliphatic rings. The van der Waals surface area contributed by atoms with Crippen LogP contribution in [-0.4, -0.2) is 75.9 Å². The van der Waals surface area contributed by atoms with Gasteiger partial charge in [0.25, 0.3) is 5.91 Å². The molecule has 0 spiro atoms. The molecule has 0 aliphatic carbocycles. The number of nitrogen functional groups attached to an aromatic ring is 1. The SMILES string of the molecule is C[C@@H](NC(=O)[C@@H]1CC(S(C)(=O)=O)CN1C(=O)CNC(=O)c1ccc2c(c1)-c1ccccc1S2(=O)=O)c1cc(C(=N)N)cs1. The molecular weight excluding hydrogens is 615 g/mol. The fraction of sp³-hybridized carbons (Fsp3) is 0.286. The second-order valence-corrected chi connectivity index (χ2v) is 15.7. The van der Waals surface area contributed by atoms with E-state index in [2.05, 4.69) is 10.6 Å². The van der Waals surface area contributed by atoms with E-state index in [4.69, 9.17) is 11.1 Å². The monoisotopic (exact) mass is 643 g/mol. The van der Waals surface area contributed by atoms with Gasteiger partial charge in [-0.2, -0.15) is 0 Å². The van der Waals surface area contributed by atoms with E-state index in [0.717, 1.165) is 16.0 Å². The van der Waals surface area contributed by atoms with Crippen molar-refractivity contribution in [3.05, 3.63) is 69.9 Å². The lowest BCUT2D eigenvalue weighted by molar-refractivity contribution is -0.137. The zero-order valence-corrected chi connectivity index (χ0v) is 25.6. The highest BCUT2D eigenvalue weighted by Crippen LogP contribution is 2.43. The number of fused-ring (bicyclic) bond motifs is 3. The van der Waals surface area contributed by atoms with E-state index in [1.165, 1.54) is 35.6 Å². The summed E-state index contributed by atoms with van der Waals surface area (Å²) < 4.78 is 50.4. The molecule has 1 aromatic heterocycles. The molecule has 3 atom stereocenters. The Morgan fingerprint density at radius 2 is 1.79 bits per heavy atom. The minimum absolute atomic E-state index is 0.0911. The summed E-state index contributed by atoms with van der Waals surface area (Å²) in [6, 6.07) is 10.7. The number of sulfone groups is 2. The van der Waals surface area contributed by atoms with E-state index in [1.54, 1.807) is 36.6 Å². The number of amidine groups is 1. The number of nitrogens with zero attached hydrogens (tertiary/aromatic N) is 1. The van der Waals surface area contributed by atoms with Gasteiger partial charge in [0.1, 0.15) is 11.9 Å². The molecule has 0 bridgehead atoms. The smallest absolute Gasteiger partial charge is 0.251 e. The van der Waals surface area contributed by atoms with Gasteiger partial charge in [-0.15, -0.1) is 11.3 Å². The third kappa shape index (κ3) is 5.79. The highest BCUT2D eigenvalue weighted by Gasteiger charge is 2.43. The number of amides is 3. The fourth-order valence-corrected chi connectivity index (χ4v) is 8.80. The van der Waals surface area contributed by atoms with Gasteiger partial charge in [0.05, 0.1) is 27.6 Å². The summed E-state index contributed by atoms with van der Waals surface area (Å²) >= 11 is 1.30. The molecule has 5 N–H and O–H groups in total. The summed E-state index contributed by atoms with van der Waals surface area (Å²) in [5, 5.41) is 13.6. The van der Waals surface area contributed by atoms with Crippen molar-refractivity contribution in [2.24, 2.45) is 5.73 Å². The topological polar surface area (TPSA) is 197 Å². The lowest BCUT2D eigenvalue weighted by atomic mass is 10.0. The number of hydrogen-bond donors (Lipinski definition) is 4. The molecule has 2 aromatic carbocycles. The molecule has 43 heavy (non-hydrogen) atoms. The molecule has 15 heteroatoms. The average molecular weight is 644 g/mol. The van der Waals surface area contributed by atoms with Crippen LogP contribution in [0.1, 0.15) is 40.2 Å². The molecule has 2 aliphatic heterocycles. The maximum Gasteiger partial charge on any atom is 0.251 e. The van der Waals surface area contributed by atoms with Crippen LogP contribution in [0.3, 0.4) is 0 Å². The van der Waals surface area contributed by atoms with Gasteiger partial charge in [-0.05, 0) is 43.7 Å². The van der Waals surface area contributed by atoms with E-state index in [-0.39, 0.29) is 34.2 Å². The third-order valence-corrected chi connectivity index (χ3v) is 12.1. The van der Waals surface area contributed by atoms with Crippen LogP contribution < -0.4 is 16.4 Å². The first-order chi connectivity index (χ1) is 20.2. The molecule has 0 radical (unpaired) electrons. The Labute approximate surface area is 252 Å². The Kier molecular flexibility index (Phi) is 7.92. The van der Waals surface area contributed by atoms with E-state index >= 15 is 0 Å². The Morgan fingerprint density at radius 3 is 2.47 bits per heavy atom.